The molecule has 0 radical (unpaired) electrons. The van der Waals surface area contributed by atoms with Gasteiger partial charge >= 0.3 is 0 Å². The van der Waals surface area contributed by atoms with Crippen molar-refractivity contribution in [3.63, 3.8) is 0 Å². The van der Waals surface area contributed by atoms with Gasteiger partial charge in [-0.25, -0.2) is 0 Å². The molecule has 29 heavy (non-hydrogen) atoms. The first-order chi connectivity index (χ1) is 14.1. The van der Waals surface area contributed by atoms with Crippen molar-refractivity contribution >= 4 is 17.3 Å². The Hall–Kier alpha value is -2.90. The molecule has 2 N–H and O–H groups in total. The van der Waals surface area contributed by atoms with E-state index in [2.05, 4.69) is 33.9 Å². The maximum Gasteiger partial charge on any atom is 0.170 e. The molecule has 1 fully saturated rings. The van der Waals surface area contributed by atoms with Gasteiger partial charge in [0, 0.05) is 29.8 Å². The van der Waals surface area contributed by atoms with Crippen LogP contribution >= 0.6 is 12.2 Å². The minimum atomic E-state index is -0.110. The molecule has 2 aromatic heterocycles. The van der Waals surface area contributed by atoms with Gasteiger partial charge in [-0.2, -0.15) is 0 Å². The fourth-order valence-electron chi connectivity index (χ4n) is 3.95. The van der Waals surface area contributed by atoms with Crippen molar-refractivity contribution in [3.8, 4) is 11.4 Å². The lowest BCUT2D eigenvalue weighted by Gasteiger charge is -2.28. The number of nitrogens with zero attached hydrogens (tertiary/aromatic N) is 3. The van der Waals surface area contributed by atoms with E-state index < -0.39 is 0 Å². The largest absolute Gasteiger partial charge is 0.497 e. The molecule has 0 bridgehead atoms. The number of methoxy groups -OCH3 is 1. The van der Waals surface area contributed by atoms with E-state index in [4.69, 9.17) is 17.0 Å². The second kappa shape index (κ2) is 8.23. The molecule has 0 unspecified atom stereocenters. The Morgan fingerprint density at radius 3 is 2.59 bits per heavy atom. The highest BCUT2D eigenvalue weighted by Crippen LogP contribution is 2.40. The fraction of sp³-hybridized carbons (Fsp3) is 0.273. The second-order valence-corrected chi connectivity index (χ2v) is 7.36. The molecule has 150 valence electrons. The summed E-state index contributed by atoms with van der Waals surface area (Å²) in [6, 6.07) is 17.9. The number of hydrogen-bond donors (Lipinski definition) is 2. The SMILES string of the molecule is COc1ccc(-n2c(C)ccc2[C@H]2[C@H](c3ccccn3)NC(=S)N2CCO)cc1. The number of aromatic nitrogens is 2. The lowest BCUT2D eigenvalue weighted by atomic mass is 10.0. The predicted octanol–water partition coefficient (Wildman–Crippen LogP) is 3.15. The van der Waals surface area contributed by atoms with Gasteiger partial charge in [-0.1, -0.05) is 6.07 Å². The van der Waals surface area contributed by atoms with Crippen molar-refractivity contribution in [2.24, 2.45) is 0 Å². The summed E-state index contributed by atoms with van der Waals surface area (Å²) in [6.45, 7) is 2.56. The highest BCUT2D eigenvalue weighted by Gasteiger charge is 2.41. The average Bonchev–Trinajstić information content (AvgIpc) is 3.29. The molecule has 0 amide bonds. The van der Waals surface area contributed by atoms with Crippen LogP contribution in [0.15, 0.2) is 60.8 Å². The van der Waals surface area contributed by atoms with Crippen LogP contribution in [0.5, 0.6) is 5.75 Å². The number of β-amino-alcohol motifs (C(OH)–C–C–N with tert-alkyl or cyclic N) is 1. The van der Waals surface area contributed by atoms with Crippen LogP contribution in [-0.4, -0.2) is 44.9 Å². The average molecular weight is 409 g/mol. The molecule has 6 nitrogen and oxygen atoms in total. The van der Waals surface area contributed by atoms with Crippen LogP contribution in [0, 0.1) is 6.92 Å². The molecule has 0 saturated carbocycles. The number of aliphatic hydroxyl groups excluding tert-OH is 1. The third-order valence-electron chi connectivity index (χ3n) is 5.28. The van der Waals surface area contributed by atoms with Gasteiger partial charge in [0.1, 0.15) is 5.75 Å². The molecule has 2 atom stereocenters. The zero-order valence-electron chi connectivity index (χ0n) is 16.4. The number of pyridine rings is 1. The molecule has 3 heterocycles. The Morgan fingerprint density at radius 2 is 1.93 bits per heavy atom. The lowest BCUT2D eigenvalue weighted by Crippen LogP contribution is -2.33. The lowest BCUT2D eigenvalue weighted by molar-refractivity contribution is 0.220. The topological polar surface area (TPSA) is 62.5 Å². The molecule has 3 aromatic rings. The molecule has 1 aromatic carbocycles. The van der Waals surface area contributed by atoms with Crippen LogP contribution in [0.25, 0.3) is 5.69 Å². The van der Waals surface area contributed by atoms with Gasteiger partial charge in [0.2, 0.25) is 0 Å². The standard InChI is InChI=1S/C22H24N4O2S/c1-15-6-11-19(26(15)16-7-9-17(28-2)10-8-16)21-20(18-5-3-4-12-23-18)24-22(29)25(21)13-14-27/h3-12,20-21,27H,13-14H2,1-2H3,(H,24,29)/t20-,21-/m0/s1. The minimum absolute atomic E-state index is 0.0233. The Kier molecular flexibility index (Phi) is 5.51. The van der Waals surface area contributed by atoms with Crippen LogP contribution in [0.1, 0.15) is 29.2 Å². The number of aryl methyl sites for hydroxylation is 1. The number of rotatable bonds is 6. The molecule has 1 aliphatic heterocycles. The first-order valence-electron chi connectivity index (χ1n) is 9.55. The first-order valence-corrected chi connectivity index (χ1v) is 9.96. The van der Waals surface area contributed by atoms with Gasteiger partial charge in [0.25, 0.3) is 0 Å². The maximum atomic E-state index is 9.65. The van der Waals surface area contributed by atoms with Gasteiger partial charge in [0.15, 0.2) is 5.11 Å². The van der Waals surface area contributed by atoms with Crippen LogP contribution in [0.4, 0.5) is 0 Å². The van der Waals surface area contributed by atoms with Crippen LogP contribution in [-0.2, 0) is 0 Å². The van der Waals surface area contributed by atoms with Crippen molar-refractivity contribution in [3.05, 3.63) is 77.9 Å². The summed E-state index contributed by atoms with van der Waals surface area (Å²) in [5.74, 6) is 0.817. The van der Waals surface area contributed by atoms with E-state index in [1.165, 1.54) is 0 Å². The number of ether oxygens (including phenoxy) is 1. The van der Waals surface area contributed by atoms with E-state index in [0.29, 0.717) is 11.7 Å². The predicted molar refractivity (Wildman–Crippen MR) is 116 cm³/mol. The summed E-state index contributed by atoms with van der Waals surface area (Å²) in [7, 11) is 1.66. The summed E-state index contributed by atoms with van der Waals surface area (Å²) >= 11 is 5.61. The minimum Gasteiger partial charge on any atom is -0.497 e. The molecule has 1 saturated heterocycles. The Bertz CT molecular complexity index is 988. The quantitative estimate of drug-likeness (QED) is 0.611. The Balaban J connectivity index is 1.82. The van der Waals surface area contributed by atoms with E-state index >= 15 is 0 Å². The van der Waals surface area contributed by atoms with Gasteiger partial charge < -0.3 is 24.6 Å². The summed E-state index contributed by atoms with van der Waals surface area (Å²) in [5, 5.41) is 13.7. The first kappa shape index (κ1) is 19.4. The van der Waals surface area contributed by atoms with E-state index in [0.717, 1.165) is 28.5 Å². The van der Waals surface area contributed by atoms with E-state index in [-0.39, 0.29) is 18.7 Å². The second-order valence-electron chi connectivity index (χ2n) is 6.98. The zero-order valence-corrected chi connectivity index (χ0v) is 17.3. The number of hydrogen-bond acceptors (Lipinski definition) is 4. The molecular formula is C22H24N4O2S. The Morgan fingerprint density at radius 1 is 1.14 bits per heavy atom. The third kappa shape index (κ3) is 3.59. The summed E-state index contributed by atoms with van der Waals surface area (Å²) in [6.07, 6.45) is 1.79. The van der Waals surface area contributed by atoms with Gasteiger partial charge in [-0.3, -0.25) is 4.98 Å². The van der Waals surface area contributed by atoms with E-state index in [1.54, 1.807) is 13.3 Å². The smallest absolute Gasteiger partial charge is 0.170 e. The zero-order chi connectivity index (χ0) is 20.4. The van der Waals surface area contributed by atoms with Crippen molar-refractivity contribution in [1.82, 2.24) is 19.8 Å². The number of benzene rings is 1. The van der Waals surface area contributed by atoms with Crippen molar-refractivity contribution < 1.29 is 9.84 Å². The number of aliphatic hydroxyl groups is 1. The van der Waals surface area contributed by atoms with Crippen LogP contribution in [0.2, 0.25) is 0 Å². The normalized spacial score (nSPS) is 18.7. The summed E-state index contributed by atoms with van der Waals surface area (Å²) in [5.41, 5.74) is 4.17. The molecule has 1 aliphatic rings. The van der Waals surface area contributed by atoms with Gasteiger partial charge in [-0.15, -0.1) is 0 Å². The summed E-state index contributed by atoms with van der Waals surface area (Å²) in [4.78, 5) is 6.61. The van der Waals surface area contributed by atoms with Crippen molar-refractivity contribution in [1.29, 1.82) is 0 Å². The van der Waals surface area contributed by atoms with E-state index in [1.807, 2.05) is 47.4 Å². The molecule has 0 spiro atoms. The highest BCUT2D eigenvalue weighted by molar-refractivity contribution is 7.80. The molecular weight excluding hydrogens is 384 g/mol. The van der Waals surface area contributed by atoms with Crippen molar-refractivity contribution in [2.45, 2.75) is 19.0 Å². The van der Waals surface area contributed by atoms with Crippen LogP contribution < -0.4 is 10.1 Å². The van der Waals surface area contributed by atoms with Crippen molar-refractivity contribution in [2.75, 3.05) is 20.3 Å². The number of nitrogens with one attached hydrogen (secondary N) is 1. The number of thiocarbonyl (C=S) groups is 1. The third-order valence-corrected chi connectivity index (χ3v) is 5.63. The molecule has 4 rings (SSSR count). The monoisotopic (exact) mass is 408 g/mol. The fourth-order valence-corrected chi connectivity index (χ4v) is 4.28. The summed E-state index contributed by atoms with van der Waals surface area (Å²) < 4.78 is 7.53. The van der Waals surface area contributed by atoms with E-state index in [9.17, 15) is 5.11 Å². The van der Waals surface area contributed by atoms with Crippen LogP contribution in [0.3, 0.4) is 0 Å². The maximum absolute atomic E-state index is 9.65. The molecule has 7 heteroatoms. The van der Waals surface area contributed by atoms with Gasteiger partial charge in [-0.05, 0) is 67.7 Å². The highest BCUT2D eigenvalue weighted by atomic mass is 32.1. The molecule has 0 aliphatic carbocycles. The Labute approximate surface area is 175 Å². The van der Waals surface area contributed by atoms with Gasteiger partial charge in [0.05, 0.1) is 31.5 Å².